The van der Waals surface area contributed by atoms with Crippen LogP contribution in [-0.2, 0) is 9.59 Å². The van der Waals surface area contributed by atoms with Crippen LogP contribution < -0.4 is 16.1 Å². The number of amides is 2. The second-order valence-electron chi connectivity index (χ2n) is 7.17. The zero-order valence-corrected chi connectivity index (χ0v) is 18.2. The molecule has 7 heteroatoms. The monoisotopic (exact) mass is 434 g/mol. The largest absolute Gasteiger partial charge is 0.355 e. The lowest BCUT2D eigenvalue weighted by Crippen LogP contribution is -2.32. The first-order valence-electron chi connectivity index (χ1n) is 9.67. The molecule has 0 aliphatic heterocycles. The van der Waals surface area contributed by atoms with E-state index in [0.29, 0.717) is 16.3 Å². The maximum absolute atomic E-state index is 12.1. The van der Waals surface area contributed by atoms with Crippen LogP contribution in [0.15, 0.2) is 65.8 Å². The molecule has 3 N–H and O–H groups in total. The minimum atomic E-state index is -0.871. The molecule has 0 aromatic heterocycles. The number of hydrazone groups is 1. The molecular weight excluding hydrogens is 412 g/mol. The van der Waals surface area contributed by atoms with E-state index in [1.807, 2.05) is 57.2 Å². The molecule has 0 radical (unpaired) electrons. The Labute approximate surface area is 186 Å². The Morgan fingerprint density at radius 1 is 0.839 bits per heavy atom. The van der Waals surface area contributed by atoms with Crippen LogP contribution in [0.25, 0.3) is 0 Å². The van der Waals surface area contributed by atoms with E-state index in [2.05, 4.69) is 21.2 Å². The van der Waals surface area contributed by atoms with Crippen molar-refractivity contribution < 1.29 is 9.59 Å². The lowest BCUT2D eigenvalue weighted by molar-refractivity contribution is -0.136. The summed E-state index contributed by atoms with van der Waals surface area (Å²) in [7, 11) is 0. The summed E-state index contributed by atoms with van der Waals surface area (Å²) in [5.41, 5.74) is 8.38. The van der Waals surface area contributed by atoms with Gasteiger partial charge in [0.1, 0.15) is 0 Å². The van der Waals surface area contributed by atoms with E-state index in [1.54, 1.807) is 24.3 Å². The van der Waals surface area contributed by atoms with E-state index in [4.69, 9.17) is 11.6 Å². The minimum absolute atomic E-state index is 0.523. The average Bonchev–Trinajstić information content (AvgIpc) is 2.74. The van der Waals surface area contributed by atoms with Gasteiger partial charge in [-0.15, -0.1) is 0 Å². The summed E-state index contributed by atoms with van der Waals surface area (Å²) in [6.45, 7) is 5.92. The van der Waals surface area contributed by atoms with E-state index in [0.717, 1.165) is 28.1 Å². The van der Waals surface area contributed by atoms with Crippen molar-refractivity contribution in [2.45, 2.75) is 20.8 Å². The second kappa shape index (κ2) is 9.91. The SMILES string of the molecule is Cc1ccc(Nc2ccc(Cl)cc2/C=N\NC(=O)C(=O)Nc2ccc(C)c(C)c2)cc1. The number of nitrogens with one attached hydrogen (secondary N) is 3. The van der Waals surface area contributed by atoms with Crippen LogP contribution in [-0.4, -0.2) is 18.0 Å². The van der Waals surface area contributed by atoms with E-state index in [-0.39, 0.29) is 0 Å². The van der Waals surface area contributed by atoms with Gasteiger partial charge in [-0.05, 0) is 74.4 Å². The van der Waals surface area contributed by atoms with Crippen LogP contribution >= 0.6 is 11.6 Å². The number of carbonyl (C=O) groups excluding carboxylic acids is 2. The van der Waals surface area contributed by atoms with Gasteiger partial charge >= 0.3 is 11.8 Å². The summed E-state index contributed by atoms with van der Waals surface area (Å²) in [6, 6.07) is 18.6. The highest BCUT2D eigenvalue weighted by molar-refractivity contribution is 6.39. The topological polar surface area (TPSA) is 82.6 Å². The molecule has 3 rings (SSSR count). The molecule has 2 amide bonds. The summed E-state index contributed by atoms with van der Waals surface area (Å²) >= 11 is 6.11. The van der Waals surface area contributed by atoms with Gasteiger partial charge in [0, 0.05) is 27.6 Å². The number of aryl methyl sites for hydroxylation is 3. The predicted octanol–water partition coefficient (Wildman–Crippen LogP) is 5.10. The van der Waals surface area contributed by atoms with Gasteiger partial charge in [0.05, 0.1) is 6.21 Å². The van der Waals surface area contributed by atoms with Gasteiger partial charge in [-0.3, -0.25) is 9.59 Å². The molecule has 3 aromatic carbocycles. The number of nitrogens with zero attached hydrogens (tertiary/aromatic N) is 1. The first-order chi connectivity index (χ1) is 14.8. The molecular formula is C24H23ClN4O2. The lowest BCUT2D eigenvalue weighted by Gasteiger charge is -2.10. The van der Waals surface area contributed by atoms with Gasteiger partial charge < -0.3 is 10.6 Å². The maximum Gasteiger partial charge on any atom is 0.329 e. The zero-order valence-electron chi connectivity index (χ0n) is 17.5. The Morgan fingerprint density at radius 3 is 2.26 bits per heavy atom. The molecule has 0 atom stereocenters. The van der Waals surface area contributed by atoms with Crippen molar-refractivity contribution in [1.29, 1.82) is 0 Å². The molecule has 0 aliphatic rings. The molecule has 0 aliphatic carbocycles. The molecule has 3 aromatic rings. The fourth-order valence-corrected chi connectivity index (χ4v) is 2.95. The fraction of sp³-hybridized carbons (Fsp3) is 0.125. The van der Waals surface area contributed by atoms with Crippen molar-refractivity contribution in [2.24, 2.45) is 5.10 Å². The van der Waals surface area contributed by atoms with Gasteiger partial charge in [-0.1, -0.05) is 35.4 Å². The molecule has 0 heterocycles. The quantitative estimate of drug-likeness (QED) is 0.297. The highest BCUT2D eigenvalue weighted by Crippen LogP contribution is 2.23. The van der Waals surface area contributed by atoms with Gasteiger partial charge in [0.2, 0.25) is 0 Å². The average molecular weight is 435 g/mol. The van der Waals surface area contributed by atoms with Crippen LogP contribution in [0.4, 0.5) is 17.1 Å². The number of halogens is 1. The Kier molecular flexibility index (Phi) is 7.05. The summed E-state index contributed by atoms with van der Waals surface area (Å²) in [5.74, 6) is -1.67. The van der Waals surface area contributed by atoms with Crippen LogP contribution in [0.1, 0.15) is 22.3 Å². The smallest absolute Gasteiger partial charge is 0.329 e. The zero-order chi connectivity index (χ0) is 22.4. The first-order valence-corrected chi connectivity index (χ1v) is 10.0. The summed E-state index contributed by atoms with van der Waals surface area (Å²) < 4.78 is 0. The summed E-state index contributed by atoms with van der Waals surface area (Å²) in [5, 5.41) is 10.3. The third-order valence-electron chi connectivity index (χ3n) is 4.68. The van der Waals surface area contributed by atoms with E-state index < -0.39 is 11.8 Å². The summed E-state index contributed by atoms with van der Waals surface area (Å²) in [6.07, 6.45) is 1.43. The highest BCUT2D eigenvalue weighted by atomic mass is 35.5. The standard InChI is InChI=1S/C24H23ClN4O2/c1-15-4-8-20(9-5-15)27-22-11-7-19(25)13-18(22)14-26-29-24(31)23(30)28-21-10-6-16(2)17(3)12-21/h4-14,27H,1-3H3,(H,28,30)(H,29,31)/b26-14-. The van der Waals surface area contributed by atoms with Crippen molar-refractivity contribution in [2.75, 3.05) is 10.6 Å². The molecule has 0 fully saturated rings. The van der Waals surface area contributed by atoms with Crippen LogP contribution in [0.2, 0.25) is 5.02 Å². The molecule has 0 unspecified atom stereocenters. The lowest BCUT2D eigenvalue weighted by atomic mass is 10.1. The number of hydrogen-bond acceptors (Lipinski definition) is 4. The van der Waals surface area contributed by atoms with Crippen molar-refractivity contribution in [3.63, 3.8) is 0 Å². The van der Waals surface area contributed by atoms with Crippen LogP contribution in [0, 0.1) is 20.8 Å². The third kappa shape index (κ3) is 6.17. The van der Waals surface area contributed by atoms with Crippen molar-refractivity contribution in [3.8, 4) is 0 Å². The van der Waals surface area contributed by atoms with Crippen molar-refractivity contribution in [1.82, 2.24) is 5.43 Å². The molecule has 158 valence electrons. The minimum Gasteiger partial charge on any atom is -0.355 e. The highest BCUT2D eigenvalue weighted by Gasteiger charge is 2.13. The Morgan fingerprint density at radius 2 is 1.55 bits per heavy atom. The predicted molar refractivity (Wildman–Crippen MR) is 126 cm³/mol. The number of hydrogen-bond donors (Lipinski definition) is 3. The third-order valence-corrected chi connectivity index (χ3v) is 4.92. The van der Waals surface area contributed by atoms with Crippen molar-refractivity contribution in [3.05, 3.63) is 87.9 Å². The number of rotatable bonds is 5. The number of benzene rings is 3. The summed E-state index contributed by atoms with van der Waals surface area (Å²) in [4.78, 5) is 24.2. The Hall–Kier alpha value is -3.64. The number of carbonyl (C=O) groups is 2. The normalized spacial score (nSPS) is 10.7. The van der Waals surface area contributed by atoms with Gasteiger partial charge in [0.25, 0.3) is 0 Å². The Balaban J connectivity index is 1.66. The molecule has 6 nitrogen and oxygen atoms in total. The van der Waals surface area contributed by atoms with Gasteiger partial charge in [-0.25, -0.2) is 5.43 Å². The van der Waals surface area contributed by atoms with Gasteiger partial charge in [0.15, 0.2) is 0 Å². The molecule has 0 spiro atoms. The van der Waals surface area contributed by atoms with E-state index in [9.17, 15) is 9.59 Å². The van der Waals surface area contributed by atoms with E-state index in [1.165, 1.54) is 6.21 Å². The maximum atomic E-state index is 12.1. The fourth-order valence-electron chi connectivity index (χ4n) is 2.76. The van der Waals surface area contributed by atoms with Gasteiger partial charge in [-0.2, -0.15) is 5.10 Å². The number of anilines is 3. The van der Waals surface area contributed by atoms with Crippen LogP contribution in [0.5, 0.6) is 0 Å². The molecule has 0 saturated carbocycles. The Bertz CT molecular complexity index is 1140. The molecule has 31 heavy (non-hydrogen) atoms. The second-order valence-corrected chi connectivity index (χ2v) is 7.61. The van der Waals surface area contributed by atoms with Crippen molar-refractivity contribution >= 4 is 46.7 Å². The molecule has 0 bridgehead atoms. The van der Waals surface area contributed by atoms with E-state index >= 15 is 0 Å². The molecule has 0 saturated heterocycles. The first kappa shape index (κ1) is 22.1. The van der Waals surface area contributed by atoms with Crippen LogP contribution in [0.3, 0.4) is 0 Å².